The fourth-order valence-electron chi connectivity index (χ4n) is 2.04. The van der Waals surface area contributed by atoms with Crippen molar-refractivity contribution in [1.82, 2.24) is 5.32 Å². The Labute approximate surface area is 115 Å². The second kappa shape index (κ2) is 6.05. The summed E-state index contributed by atoms with van der Waals surface area (Å²) in [5, 5.41) is 3.03. The van der Waals surface area contributed by atoms with Gasteiger partial charge in [0.25, 0.3) is 0 Å². The van der Waals surface area contributed by atoms with Crippen LogP contribution in [-0.4, -0.2) is 7.05 Å². The normalized spacial score (nSPS) is 10.6. The second-order valence-corrected chi connectivity index (χ2v) is 4.56. The lowest BCUT2D eigenvalue weighted by Crippen LogP contribution is -1.94. The Hall–Kier alpha value is -2.28. The minimum Gasteiger partial charge on any atom is -0.394 e. The minimum atomic E-state index is 1.06. The Bertz CT molecular complexity index is 594. The topological polar surface area (TPSA) is 12.0 Å². The molecule has 0 heterocycles. The molecule has 1 nitrogen and oxygen atoms in total. The number of aryl methyl sites for hydroxylation is 1. The van der Waals surface area contributed by atoms with Gasteiger partial charge in [0.1, 0.15) is 0 Å². The van der Waals surface area contributed by atoms with Crippen molar-refractivity contribution in [2.24, 2.45) is 0 Å². The molecule has 0 amide bonds. The van der Waals surface area contributed by atoms with E-state index in [1.54, 1.807) is 0 Å². The van der Waals surface area contributed by atoms with Crippen LogP contribution in [0.25, 0.3) is 11.6 Å². The molecular weight excluding hydrogens is 230 g/mol. The predicted octanol–water partition coefficient (Wildman–Crippen LogP) is 4.25. The van der Waals surface area contributed by atoms with Gasteiger partial charge < -0.3 is 5.32 Å². The highest BCUT2D eigenvalue weighted by Crippen LogP contribution is 2.26. The summed E-state index contributed by atoms with van der Waals surface area (Å²) in [5.41, 5.74) is 5.81. The summed E-state index contributed by atoms with van der Waals surface area (Å²) >= 11 is 0. The molecule has 96 valence electrons. The van der Waals surface area contributed by atoms with E-state index in [2.05, 4.69) is 55.2 Å². The van der Waals surface area contributed by atoms with Gasteiger partial charge in [0.05, 0.1) is 0 Å². The molecule has 0 unspecified atom stereocenters. The molecule has 0 bridgehead atoms. The first-order chi connectivity index (χ1) is 9.22. The number of nitrogens with one attached hydrogen (secondary N) is 1. The lowest BCUT2D eigenvalue weighted by molar-refractivity contribution is 1.11. The van der Waals surface area contributed by atoms with Crippen LogP contribution in [0.5, 0.6) is 0 Å². The molecule has 0 aliphatic carbocycles. The zero-order valence-electron chi connectivity index (χ0n) is 11.5. The molecule has 2 aromatic carbocycles. The van der Waals surface area contributed by atoms with Gasteiger partial charge in [0.2, 0.25) is 0 Å². The average molecular weight is 249 g/mol. The van der Waals surface area contributed by atoms with Gasteiger partial charge in [-0.1, -0.05) is 60.7 Å². The number of hydrogen-bond acceptors (Lipinski definition) is 1. The van der Waals surface area contributed by atoms with Crippen LogP contribution in [-0.2, 0) is 0 Å². The van der Waals surface area contributed by atoms with Crippen LogP contribution in [0.1, 0.15) is 22.3 Å². The van der Waals surface area contributed by atoms with Crippen LogP contribution in [0.15, 0.2) is 61.3 Å². The Morgan fingerprint density at radius 3 is 2.53 bits per heavy atom. The maximum Gasteiger partial charge on any atom is 0.00277 e. The van der Waals surface area contributed by atoms with Crippen LogP contribution < -0.4 is 5.32 Å². The molecule has 0 atom stereocenters. The predicted molar refractivity (Wildman–Crippen MR) is 83.9 cm³/mol. The molecule has 0 fully saturated rings. The van der Waals surface area contributed by atoms with Gasteiger partial charge in [0.15, 0.2) is 0 Å². The molecule has 1 N–H and O–H groups in total. The second-order valence-electron chi connectivity index (χ2n) is 4.56. The summed E-state index contributed by atoms with van der Waals surface area (Å²) in [4.78, 5) is 0. The van der Waals surface area contributed by atoms with Gasteiger partial charge >= 0.3 is 0 Å². The van der Waals surface area contributed by atoms with Gasteiger partial charge in [-0.2, -0.15) is 0 Å². The summed E-state index contributed by atoms with van der Waals surface area (Å²) < 4.78 is 0. The Morgan fingerprint density at radius 2 is 1.84 bits per heavy atom. The molecule has 0 saturated heterocycles. The van der Waals surface area contributed by atoms with Crippen molar-refractivity contribution >= 4 is 11.6 Å². The van der Waals surface area contributed by atoms with Gasteiger partial charge in [-0.25, -0.2) is 0 Å². The highest BCUT2D eigenvalue weighted by atomic mass is 14.8. The molecule has 19 heavy (non-hydrogen) atoms. The lowest BCUT2D eigenvalue weighted by atomic mass is 9.93. The van der Waals surface area contributed by atoms with Gasteiger partial charge in [-0.3, -0.25) is 0 Å². The number of hydrogen-bond donors (Lipinski definition) is 1. The molecule has 0 saturated carbocycles. The maximum atomic E-state index is 4.25. The summed E-state index contributed by atoms with van der Waals surface area (Å²) in [6.07, 6.45) is 4.01. The van der Waals surface area contributed by atoms with Crippen molar-refractivity contribution in [1.29, 1.82) is 0 Å². The molecule has 0 spiro atoms. The fraction of sp³-hybridized carbons (Fsp3) is 0.111. The quantitative estimate of drug-likeness (QED) is 0.854. The van der Waals surface area contributed by atoms with Crippen molar-refractivity contribution in [2.75, 3.05) is 7.05 Å². The fourth-order valence-corrected chi connectivity index (χ4v) is 2.04. The first-order valence-corrected chi connectivity index (χ1v) is 6.41. The van der Waals surface area contributed by atoms with Crippen molar-refractivity contribution in [3.05, 3.63) is 83.6 Å². The molecule has 1 heteroatoms. The van der Waals surface area contributed by atoms with Crippen molar-refractivity contribution < 1.29 is 0 Å². The van der Waals surface area contributed by atoms with E-state index in [-0.39, 0.29) is 0 Å². The molecule has 2 aromatic rings. The minimum absolute atomic E-state index is 1.06. The molecule has 0 aromatic heterocycles. The van der Waals surface area contributed by atoms with Gasteiger partial charge in [-0.15, -0.1) is 0 Å². The third kappa shape index (κ3) is 3.14. The van der Waals surface area contributed by atoms with E-state index < -0.39 is 0 Å². The SMILES string of the molecule is C=C(c1ccccc1)c1cc(C)ccc1/C=C\NC. The van der Waals surface area contributed by atoms with Crippen molar-refractivity contribution in [3.63, 3.8) is 0 Å². The molecular formula is C18H19N. The molecule has 0 aliphatic rings. The first kappa shape index (κ1) is 13.2. The largest absolute Gasteiger partial charge is 0.394 e. The smallest absolute Gasteiger partial charge is 0.00277 e. The van der Waals surface area contributed by atoms with Crippen molar-refractivity contribution in [3.8, 4) is 0 Å². The van der Waals surface area contributed by atoms with E-state index in [1.165, 1.54) is 16.7 Å². The molecule has 0 radical (unpaired) electrons. The Balaban J connectivity index is 2.46. The molecule has 2 rings (SSSR count). The summed E-state index contributed by atoms with van der Waals surface area (Å²) in [7, 11) is 1.90. The van der Waals surface area contributed by atoms with Gasteiger partial charge in [0, 0.05) is 7.05 Å². The van der Waals surface area contributed by atoms with E-state index >= 15 is 0 Å². The zero-order valence-corrected chi connectivity index (χ0v) is 11.5. The van der Waals surface area contributed by atoms with Crippen LogP contribution in [0.2, 0.25) is 0 Å². The highest BCUT2D eigenvalue weighted by Gasteiger charge is 2.06. The van der Waals surface area contributed by atoms with Crippen LogP contribution >= 0.6 is 0 Å². The van der Waals surface area contributed by atoms with Crippen LogP contribution in [0, 0.1) is 6.92 Å². The average Bonchev–Trinajstić information content (AvgIpc) is 2.46. The summed E-state index contributed by atoms with van der Waals surface area (Å²) in [6, 6.07) is 16.7. The highest BCUT2D eigenvalue weighted by molar-refractivity contribution is 5.83. The maximum absolute atomic E-state index is 4.25. The first-order valence-electron chi connectivity index (χ1n) is 6.41. The number of benzene rings is 2. The van der Waals surface area contributed by atoms with E-state index in [4.69, 9.17) is 0 Å². The van der Waals surface area contributed by atoms with E-state index in [1.807, 2.05) is 31.4 Å². The Morgan fingerprint density at radius 1 is 1.11 bits per heavy atom. The third-order valence-electron chi connectivity index (χ3n) is 3.09. The Kier molecular flexibility index (Phi) is 4.19. The van der Waals surface area contributed by atoms with E-state index in [9.17, 15) is 0 Å². The summed E-state index contributed by atoms with van der Waals surface area (Å²) in [5.74, 6) is 0. The van der Waals surface area contributed by atoms with Crippen LogP contribution in [0.3, 0.4) is 0 Å². The van der Waals surface area contributed by atoms with E-state index in [0.717, 1.165) is 11.1 Å². The van der Waals surface area contributed by atoms with Crippen molar-refractivity contribution in [2.45, 2.75) is 6.92 Å². The zero-order chi connectivity index (χ0) is 13.7. The summed E-state index contributed by atoms with van der Waals surface area (Å²) in [6.45, 7) is 6.36. The standard InChI is InChI=1S/C18H19N/c1-14-9-10-17(11-12-19-3)18(13-14)15(2)16-7-5-4-6-8-16/h4-13,19H,2H2,1,3H3/b12-11-. The van der Waals surface area contributed by atoms with E-state index in [0.29, 0.717) is 0 Å². The monoisotopic (exact) mass is 249 g/mol. The third-order valence-corrected chi connectivity index (χ3v) is 3.09. The van der Waals surface area contributed by atoms with Crippen LogP contribution in [0.4, 0.5) is 0 Å². The lowest BCUT2D eigenvalue weighted by Gasteiger charge is -2.11. The number of rotatable bonds is 4. The molecule has 0 aliphatic heterocycles. The van der Waals surface area contributed by atoms with Gasteiger partial charge in [-0.05, 0) is 41.5 Å².